The Morgan fingerprint density at radius 3 is 2.94 bits per heavy atom. The number of rotatable bonds is 7. The molecule has 0 fully saturated rings. The molecule has 6 heteroatoms. The van der Waals surface area contributed by atoms with E-state index >= 15 is 0 Å². The first-order valence-corrected chi connectivity index (χ1v) is 6.32. The molecule has 0 radical (unpaired) electrons. The van der Waals surface area contributed by atoms with Crippen molar-refractivity contribution in [3.8, 4) is 0 Å². The molecule has 0 saturated heterocycles. The molecule has 0 aliphatic rings. The zero-order chi connectivity index (χ0) is 11.9. The summed E-state index contributed by atoms with van der Waals surface area (Å²) in [6, 6.07) is 0. The SMILES string of the molecule is ClCCCc1cn(CCCn2ccnc2)nn1. The van der Waals surface area contributed by atoms with Gasteiger partial charge in [-0.15, -0.1) is 16.7 Å². The molecule has 2 aromatic rings. The molecule has 2 aromatic heterocycles. The molecule has 2 heterocycles. The van der Waals surface area contributed by atoms with Gasteiger partial charge in [-0.05, 0) is 19.3 Å². The molecule has 5 nitrogen and oxygen atoms in total. The van der Waals surface area contributed by atoms with E-state index in [1.807, 2.05) is 23.4 Å². The summed E-state index contributed by atoms with van der Waals surface area (Å²) in [7, 11) is 0. The van der Waals surface area contributed by atoms with Gasteiger partial charge in [0.05, 0.1) is 12.0 Å². The molecule has 92 valence electrons. The summed E-state index contributed by atoms with van der Waals surface area (Å²) in [4.78, 5) is 4.00. The van der Waals surface area contributed by atoms with Crippen molar-refractivity contribution in [1.82, 2.24) is 24.5 Å². The van der Waals surface area contributed by atoms with Gasteiger partial charge in [-0.3, -0.25) is 4.68 Å². The lowest BCUT2D eigenvalue weighted by molar-refractivity contribution is 0.514. The van der Waals surface area contributed by atoms with Crippen LogP contribution in [0.25, 0.3) is 0 Å². The Balaban J connectivity index is 1.73. The quantitative estimate of drug-likeness (QED) is 0.706. The zero-order valence-corrected chi connectivity index (χ0v) is 10.4. The van der Waals surface area contributed by atoms with Crippen LogP contribution in [-0.2, 0) is 19.5 Å². The predicted octanol–water partition coefficient (Wildman–Crippen LogP) is 1.74. The second-order valence-corrected chi connectivity index (χ2v) is 4.30. The van der Waals surface area contributed by atoms with E-state index in [2.05, 4.69) is 19.9 Å². The molecule has 17 heavy (non-hydrogen) atoms. The van der Waals surface area contributed by atoms with Crippen LogP contribution in [0, 0.1) is 0 Å². The Kier molecular flexibility index (Phi) is 4.55. The van der Waals surface area contributed by atoms with Crippen LogP contribution in [0.2, 0.25) is 0 Å². The number of aromatic nitrogens is 5. The topological polar surface area (TPSA) is 48.5 Å². The van der Waals surface area contributed by atoms with Crippen LogP contribution < -0.4 is 0 Å². The molecule has 0 spiro atoms. The molecule has 2 rings (SSSR count). The standard InChI is InChI=1S/C11H16ClN5/c12-4-1-3-11-9-17(15-14-11)7-2-6-16-8-5-13-10-16/h5,8-10H,1-4,6-7H2. The van der Waals surface area contributed by atoms with Gasteiger partial charge in [0.1, 0.15) is 0 Å². The lowest BCUT2D eigenvalue weighted by atomic mass is 10.3. The molecule has 0 N–H and O–H groups in total. The van der Waals surface area contributed by atoms with E-state index in [1.165, 1.54) is 0 Å². The predicted molar refractivity (Wildman–Crippen MR) is 65.9 cm³/mol. The minimum absolute atomic E-state index is 0.674. The highest BCUT2D eigenvalue weighted by molar-refractivity contribution is 6.17. The number of halogens is 1. The van der Waals surface area contributed by atoms with Crippen LogP contribution >= 0.6 is 11.6 Å². The van der Waals surface area contributed by atoms with Crippen molar-refractivity contribution in [1.29, 1.82) is 0 Å². The number of nitrogens with zero attached hydrogens (tertiary/aromatic N) is 5. The molecule has 0 saturated carbocycles. The van der Waals surface area contributed by atoms with Crippen LogP contribution in [0.15, 0.2) is 24.9 Å². The van der Waals surface area contributed by atoms with Crippen molar-refractivity contribution in [3.05, 3.63) is 30.6 Å². The minimum Gasteiger partial charge on any atom is -0.337 e. The molecule has 0 atom stereocenters. The second-order valence-electron chi connectivity index (χ2n) is 3.92. The molecule has 0 aliphatic heterocycles. The average Bonchev–Trinajstić information content (AvgIpc) is 2.98. The van der Waals surface area contributed by atoms with Crippen molar-refractivity contribution in [2.75, 3.05) is 5.88 Å². The van der Waals surface area contributed by atoms with E-state index in [0.717, 1.165) is 38.0 Å². The van der Waals surface area contributed by atoms with Gasteiger partial charge in [-0.1, -0.05) is 5.21 Å². The van der Waals surface area contributed by atoms with E-state index in [-0.39, 0.29) is 0 Å². The van der Waals surface area contributed by atoms with E-state index in [4.69, 9.17) is 11.6 Å². The van der Waals surface area contributed by atoms with Gasteiger partial charge in [-0.2, -0.15) is 0 Å². The number of alkyl halides is 1. The lowest BCUT2D eigenvalue weighted by Crippen LogP contribution is -2.03. The number of imidazole rings is 1. The fourth-order valence-corrected chi connectivity index (χ4v) is 1.78. The van der Waals surface area contributed by atoms with E-state index in [9.17, 15) is 0 Å². The van der Waals surface area contributed by atoms with Crippen LogP contribution in [0.1, 0.15) is 18.5 Å². The first-order valence-electron chi connectivity index (χ1n) is 5.79. The highest BCUT2D eigenvalue weighted by Gasteiger charge is 2.00. The summed E-state index contributed by atoms with van der Waals surface area (Å²) in [6.07, 6.45) is 10.5. The smallest absolute Gasteiger partial charge is 0.0945 e. The third-order valence-electron chi connectivity index (χ3n) is 2.52. The summed E-state index contributed by atoms with van der Waals surface area (Å²) in [5.74, 6) is 0.674. The monoisotopic (exact) mass is 253 g/mol. The molecule has 0 aromatic carbocycles. The highest BCUT2D eigenvalue weighted by Crippen LogP contribution is 2.01. The van der Waals surface area contributed by atoms with E-state index in [1.54, 1.807) is 6.20 Å². The normalized spacial score (nSPS) is 10.9. The molecule has 0 bridgehead atoms. The first-order chi connectivity index (χ1) is 8.38. The van der Waals surface area contributed by atoms with E-state index in [0.29, 0.717) is 5.88 Å². The van der Waals surface area contributed by atoms with Crippen LogP contribution in [0.4, 0.5) is 0 Å². The summed E-state index contributed by atoms with van der Waals surface area (Å²) >= 11 is 5.64. The van der Waals surface area contributed by atoms with Crippen molar-refractivity contribution < 1.29 is 0 Å². The largest absolute Gasteiger partial charge is 0.337 e. The third kappa shape index (κ3) is 3.85. The van der Waals surface area contributed by atoms with Crippen molar-refractivity contribution in [3.63, 3.8) is 0 Å². The maximum atomic E-state index is 5.64. The minimum atomic E-state index is 0.674. The summed E-state index contributed by atoms with van der Waals surface area (Å²) < 4.78 is 3.95. The summed E-state index contributed by atoms with van der Waals surface area (Å²) in [5.41, 5.74) is 1.02. The van der Waals surface area contributed by atoms with Gasteiger partial charge >= 0.3 is 0 Å². The number of hydrogen-bond acceptors (Lipinski definition) is 3. The van der Waals surface area contributed by atoms with Gasteiger partial charge in [0.15, 0.2) is 0 Å². The lowest BCUT2D eigenvalue weighted by Gasteiger charge is -2.01. The molecule has 0 unspecified atom stereocenters. The first kappa shape index (κ1) is 12.1. The van der Waals surface area contributed by atoms with Gasteiger partial charge in [0, 0.05) is 37.6 Å². The van der Waals surface area contributed by atoms with E-state index < -0.39 is 0 Å². The summed E-state index contributed by atoms with van der Waals surface area (Å²) in [6.45, 7) is 1.84. The maximum absolute atomic E-state index is 5.64. The Morgan fingerprint density at radius 1 is 1.24 bits per heavy atom. The van der Waals surface area contributed by atoms with Crippen molar-refractivity contribution in [2.24, 2.45) is 0 Å². The van der Waals surface area contributed by atoms with Gasteiger partial charge in [0.2, 0.25) is 0 Å². The molecule has 0 amide bonds. The van der Waals surface area contributed by atoms with Gasteiger partial charge < -0.3 is 4.57 Å². The molecular weight excluding hydrogens is 238 g/mol. The number of aryl methyl sites for hydroxylation is 3. The van der Waals surface area contributed by atoms with Crippen molar-refractivity contribution >= 4 is 11.6 Å². The van der Waals surface area contributed by atoms with Crippen LogP contribution in [-0.4, -0.2) is 30.4 Å². The Morgan fingerprint density at radius 2 is 2.18 bits per heavy atom. The molecular formula is C11H16ClN5. The Bertz CT molecular complexity index is 423. The van der Waals surface area contributed by atoms with Crippen LogP contribution in [0.5, 0.6) is 0 Å². The number of hydrogen-bond donors (Lipinski definition) is 0. The Hall–Kier alpha value is -1.36. The van der Waals surface area contributed by atoms with Crippen LogP contribution in [0.3, 0.4) is 0 Å². The summed E-state index contributed by atoms with van der Waals surface area (Å²) in [5, 5.41) is 8.19. The van der Waals surface area contributed by atoms with Gasteiger partial charge in [0.25, 0.3) is 0 Å². The highest BCUT2D eigenvalue weighted by atomic mass is 35.5. The Labute approximate surface area is 105 Å². The fraction of sp³-hybridized carbons (Fsp3) is 0.545. The van der Waals surface area contributed by atoms with Gasteiger partial charge in [-0.25, -0.2) is 4.98 Å². The molecule has 0 aliphatic carbocycles. The average molecular weight is 254 g/mol. The second kappa shape index (κ2) is 6.39. The zero-order valence-electron chi connectivity index (χ0n) is 9.67. The third-order valence-corrected chi connectivity index (χ3v) is 2.78. The maximum Gasteiger partial charge on any atom is 0.0945 e. The van der Waals surface area contributed by atoms with Crippen molar-refractivity contribution in [2.45, 2.75) is 32.4 Å². The fourth-order valence-electron chi connectivity index (χ4n) is 1.64.